The largest absolute Gasteiger partial charge is 0.487 e. The molecule has 168 valence electrons. The molecule has 2 aliphatic rings. The second-order valence-electron chi connectivity index (χ2n) is 8.37. The first-order chi connectivity index (χ1) is 15.2. The molecule has 0 aromatic heterocycles. The van der Waals surface area contributed by atoms with E-state index in [0.717, 1.165) is 37.2 Å². The number of likely N-dealkylation sites (tertiary alicyclic amines) is 1. The number of ether oxygens (including phenoxy) is 1. The first-order valence-corrected chi connectivity index (χ1v) is 10.9. The Labute approximate surface area is 192 Å². The number of hydrogen-bond acceptors (Lipinski definition) is 7. The van der Waals surface area contributed by atoms with Crippen molar-refractivity contribution in [1.29, 1.82) is 0 Å². The summed E-state index contributed by atoms with van der Waals surface area (Å²) < 4.78 is 5.94. The summed E-state index contributed by atoms with van der Waals surface area (Å²) in [5, 5.41) is 0.429. The maximum Gasteiger partial charge on any atom is 0.253 e. The van der Waals surface area contributed by atoms with E-state index in [1.807, 2.05) is 49.1 Å². The van der Waals surface area contributed by atoms with Gasteiger partial charge in [-0.25, -0.2) is 4.99 Å². The molecule has 2 aliphatic heterocycles. The van der Waals surface area contributed by atoms with Crippen LogP contribution in [0, 0.1) is 0 Å². The molecule has 0 atom stereocenters. The average Bonchev–Trinajstić information content (AvgIpc) is 3.26. The molecule has 4 N–H and O–H groups in total. The number of anilines is 1. The van der Waals surface area contributed by atoms with Crippen molar-refractivity contribution in [1.82, 2.24) is 4.90 Å². The Morgan fingerprint density at radius 2 is 1.91 bits per heavy atom. The fraction of sp³-hybridized carbons (Fsp3) is 0.348. The number of nitrogens with zero attached hydrogens (tertiary/aromatic N) is 4. The number of rotatable bonds is 5. The molecule has 8 nitrogen and oxygen atoms in total. The van der Waals surface area contributed by atoms with E-state index in [9.17, 15) is 4.79 Å². The lowest BCUT2D eigenvalue weighted by Gasteiger charge is -2.38. The first kappa shape index (κ1) is 22.0. The fourth-order valence-electron chi connectivity index (χ4n) is 4.06. The van der Waals surface area contributed by atoms with Gasteiger partial charge >= 0.3 is 0 Å². The number of hydrogen-bond donors (Lipinski definition) is 2. The summed E-state index contributed by atoms with van der Waals surface area (Å²) >= 11 is 6.50. The fourth-order valence-corrected chi connectivity index (χ4v) is 4.28. The maximum atomic E-state index is 12.6. The van der Waals surface area contributed by atoms with E-state index in [1.165, 1.54) is 0 Å². The molecule has 1 saturated heterocycles. The molecule has 0 spiro atoms. The molecule has 0 aliphatic carbocycles. The summed E-state index contributed by atoms with van der Waals surface area (Å²) in [5.41, 5.74) is 13.4. The lowest BCUT2D eigenvalue weighted by Crippen LogP contribution is -2.54. The summed E-state index contributed by atoms with van der Waals surface area (Å²) in [7, 11) is 0. The third kappa shape index (κ3) is 4.50. The third-order valence-electron chi connectivity index (χ3n) is 5.53. The number of carbonyl (C=O) groups excluding carboxylic acids is 1. The third-order valence-corrected chi connectivity index (χ3v) is 5.82. The maximum absolute atomic E-state index is 12.6. The molecule has 2 aromatic carbocycles. The highest BCUT2D eigenvalue weighted by Crippen LogP contribution is 2.34. The van der Waals surface area contributed by atoms with Crippen molar-refractivity contribution < 1.29 is 9.53 Å². The van der Waals surface area contributed by atoms with Crippen LogP contribution in [0.1, 0.15) is 42.6 Å². The van der Waals surface area contributed by atoms with E-state index in [4.69, 9.17) is 27.8 Å². The van der Waals surface area contributed by atoms with Crippen molar-refractivity contribution >= 4 is 35.1 Å². The minimum Gasteiger partial charge on any atom is -0.487 e. The highest BCUT2D eigenvalue weighted by atomic mass is 35.5. The number of nitrogens with two attached hydrogens (primary N) is 2. The lowest BCUT2D eigenvalue weighted by molar-refractivity contribution is 0.0792. The molecule has 2 aromatic rings. The van der Waals surface area contributed by atoms with Crippen LogP contribution in [0.3, 0.4) is 0 Å². The van der Waals surface area contributed by atoms with Crippen molar-refractivity contribution in [2.75, 3.05) is 18.0 Å². The van der Waals surface area contributed by atoms with Crippen LogP contribution in [0.2, 0.25) is 5.02 Å². The van der Waals surface area contributed by atoms with Crippen LogP contribution in [-0.2, 0) is 6.61 Å². The Bertz CT molecular complexity index is 1090. The minimum atomic E-state index is -0.704. The zero-order valence-corrected chi connectivity index (χ0v) is 19.0. The molecule has 9 heteroatoms. The van der Waals surface area contributed by atoms with Crippen molar-refractivity contribution in [2.45, 2.75) is 39.0 Å². The summed E-state index contributed by atoms with van der Waals surface area (Å²) in [6, 6.07) is 12.9. The van der Waals surface area contributed by atoms with Gasteiger partial charge in [0.1, 0.15) is 18.0 Å². The predicted octanol–water partition coefficient (Wildman–Crippen LogP) is 3.34. The van der Waals surface area contributed by atoms with Gasteiger partial charge in [0.05, 0.1) is 5.02 Å². The zero-order valence-electron chi connectivity index (χ0n) is 18.2. The Kier molecular flexibility index (Phi) is 5.97. The summed E-state index contributed by atoms with van der Waals surface area (Å²) in [6.07, 6.45) is 2.13. The number of benzene rings is 2. The van der Waals surface area contributed by atoms with E-state index in [2.05, 4.69) is 9.98 Å². The van der Waals surface area contributed by atoms with E-state index in [0.29, 0.717) is 22.9 Å². The van der Waals surface area contributed by atoms with Gasteiger partial charge in [-0.15, -0.1) is 0 Å². The van der Waals surface area contributed by atoms with Crippen LogP contribution in [0.4, 0.5) is 5.69 Å². The zero-order chi connectivity index (χ0) is 22.9. The van der Waals surface area contributed by atoms with Crippen LogP contribution in [0.25, 0.3) is 0 Å². The Morgan fingerprint density at radius 3 is 2.59 bits per heavy atom. The summed E-state index contributed by atoms with van der Waals surface area (Å²) in [4.78, 5) is 24.7. The molecule has 0 saturated carbocycles. The van der Waals surface area contributed by atoms with Gasteiger partial charge < -0.3 is 21.1 Å². The van der Waals surface area contributed by atoms with Gasteiger partial charge in [-0.2, -0.15) is 4.99 Å². The molecular formula is C23H27ClN6O2. The summed E-state index contributed by atoms with van der Waals surface area (Å²) in [6.45, 7) is 5.71. The van der Waals surface area contributed by atoms with Crippen LogP contribution >= 0.6 is 11.6 Å². The molecule has 4 rings (SSSR count). The molecule has 0 radical (unpaired) electrons. The Balaban J connectivity index is 1.47. The van der Waals surface area contributed by atoms with Crippen molar-refractivity contribution in [3.63, 3.8) is 0 Å². The number of carbonyl (C=O) groups is 1. The van der Waals surface area contributed by atoms with E-state index in [-0.39, 0.29) is 17.8 Å². The highest BCUT2D eigenvalue weighted by Gasteiger charge is 2.33. The van der Waals surface area contributed by atoms with Crippen molar-refractivity contribution in [3.05, 3.63) is 58.6 Å². The molecule has 0 bridgehead atoms. The average molecular weight is 455 g/mol. The molecule has 1 fully saturated rings. The van der Waals surface area contributed by atoms with Crippen LogP contribution < -0.4 is 21.1 Å². The van der Waals surface area contributed by atoms with E-state index < -0.39 is 5.66 Å². The van der Waals surface area contributed by atoms with Crippen LogP contribution in [0.5, 0.6) is 5.75 Å². The van der Waals surface area contributed by atoms with Crippen molar-refractivity contribution in [2.24, 2.45) is 21.5 Å². The van der Waals surface area contributed by atoms with Gasteiger partial charge in [-0.05, 0) is 62.6 Å². The normalized spacial score (nSPS) is 17.7. The number of halogens is 1. The van der Waals surface area contributed by atoms with Gasteiger partial charge in [0, 0.05) is 24.3 Å². The first-order valence-electron chi connectivity index (χ1n) is 10.5. The van der Waals surface area contributed by atoms with Gasteiger partial charge in [0.15, 0.2) is 0 Å². The van der Waals surface area contributed by atoms with Crippen LogP contribution in [-0.4, -0.2) is 41.5 Å². The number of amides is 1. The van der Waals surface area contributed by atoms with Gasteiger partial charge in [0.25, 0.3) is 5.91 Å². The highest BCUT2D eigenvalue weighted by molar-refractivity contribution is 6.32. The van der Waals surface area contributed by atoms with Crippen LogP contribution in [0.15, 0.2) is 52.4 Å². The molecule has 32 heavy (non-hydrogen) atoms. The second kappa shape index (κ2) is 8.70. The number of guanidine groups is 2. The number of aliphatic imine (C=N–C) groups is 2. The predicted molar refractivity (Wildman–Crippen MR) is 127 cm³/mol. The quantitative estimate of drug-likeness (QED) is 0.720. The van der Waals surface area contributed by atoms with E-state index in [1.54, 1.807) is 17.0 Å². The van der Waals surface area contributed by atoms with Gasteiger partial charge in [-0.1, -0.05) is 23.7 Å². The molecule has 2 heterocycles. The second-order valence-corrected chi connectivity index (χ2v) is 8.78. The smallest absolute Gasteiger partial charge is 0.253 e. The van der Waals surface area contributed by atoms with Gasteiger partial charge in [-0.3, -0.25) is 9.69 Å². The topological polar surface area (TPSA) is 110 Å². The summed E-state index contributed by atoms with van der Waals surface area (Å²) in [5.74, 6) is 0.977. The van der Waals surface area contributed by atoms with Crippen molar-refractivity contribution in [3.8, 4) is 5.75 Å². The standard InChI is InChI=1S/C23H27ClN6O2/c1-23(2)28-21(25)27-22(26)30(23)17-8-9-19(18(24)13-17)32-14-15-6-5-7-16(12-15)20(31)29-10-3-4-11-29/h5-9,12-13H,3-4,10-11,14H2,1-2H3,(H4,25,26,27,28). The Morgan fingerprint density at radius 1 is 1.16 bits per heavy atom. The molecule has 1 amide bonds. The Hall–Kier alpha value is -3.26. The van der Waals surface area contributed by atoms with E-state index >= 15 is 0 Å². The van der Waals surface area contributed by atoms with Gasteiger partial charge in [0.2, 0.25) is 11.9 Å². The minimum absolute atomic E-state index is 0.0680. The molecular weight excluding hydrogens is 428 g/mol. The molecule has 0 unspecified atom stereocenters. The lowest BCUT2D eigenvalue weighted by atomic mass is 10.1. The SMILES string of the molecule is CC1(C)N=C(N)N=C(N)N1c1ccc(OCc2cccc(C(=O)N3CCCC3)c2)c(Cl)c1. The monoisotopic (exact) mass is 454 g/mol.